The molecule has 0 saturated carbocycles. The molecule has 3 rings (SSSR count). The summed E-state index contributed by atoms with van der Waals surface area (Å²) in [7, 11) is 0. The number of halogens is 1. The zero-order valence-electron chi connectivity index (χ0n) is 9.28. The molecule has 0 bridgehead atoms. The zero-order chi connectivity index (χ0) is 11.8. The van der Waals surface area contributed by atoms with E-state index >= 15 is 0 Å². The number of furan rings is 1. The summed E-state index contributed by atoms with van der Waals surface area (Å²) in [5.74, 6) is 0.601. The molecule has 1 N–H and O–H groups in total. The van der Waals surface area contributed by atoms with E-state index in [0.29, 0.717) is 5.76 Å². The van der Waals surface area contributed by atoms with Gasteiger partial charge in [-0.2, -0.15) is 0 Å². The number of fused-ring (bicyclic) bond motifs is 1. The van der Waals surface area contributed by atoms with Crippen molar-refractivity contribution >= 4 is 27.3 Å². The predicted octanol–water partition coefficient (Wildman–Crippen LogP) is 4.06. The summed E-state index contributed by atoms with van der Waals surface area (Å²) in [6.45, 7) is 0. The van der Waals surface area contributed by atoms with Gasteiger partial charge in [-0.25, -0.2) is 0 Å². The quantitative estimate of drug-likeness (QED) is 0.907. The number of thiophene rings is 1. The average molecular weight is 313 g/mol. The van der Waals surface area contributed by atoms with Crippen molar-refractivity contribution in [1.82, 2.24) is 0 Å². The number of aliphatic hydroxyl groups excluding tert-OH is 1. The molecule has 2 aromatic rings. The van der Waals surface area contributed by atoms with Crippen molar-refractivity contribution in [2.45, 2.75) is 31.8 Å². The van der Waals surface area contributed by atoms with Crippen LogP contribution in [0.5, 0.6) is 0 Å². The summed E-state index contributed by atoms with van der Waals surface area (Å²) < 4.78 is 6.15. The number of aryl methyl sites for hydroxylation is 2. The summed E-state index contributed by atoms with van der Waals surface area (Å²) >= 11 is 5.11. The molecule has 0 aromatic carbocycles. The van der Waals surface area contributed by atoms with Crippen LogP contribution in [0, 0.1) is 0 Å². The van der Waals surface area contributed by atoms with Crippen LogP contribution < -0.4 is 0 Å². The Morgan fingerprint density at radius 2 is 2.18 bits per heavy atom. The van der Waals surface area contributed by atoms with Crippen LogP contribution in [-0.2, 0) is 12.8 Å². The Morgan fingerprint density at radius 3 is 2.88 bits per heavy atom. The van der Waals surface area contributed by atoms with Crippen LogP contribution in [0.1, 0.15) is 40.0 Å². The Bertz CT molecular complexity index is 506. The van der Waals surface area contributed by atoms with Gasteiger partial charge in [0.2, 0.25) is 0 Å². The first-order chi connectivity index (χ1) is 8.25. The Kier molecular flexibility index (Phi) is 3.11. The standard InChI is InChI=1S/C13H13BrO2S/c14-9-5-6-16-13(9)12(15)11-7-8-3-1-2-4-10(8)17-11/h5-7,12,15H,1-4H2. The molecule has 0 fully saturated rings. The molecule has 0 saturated heterocycles. The van der Waals surface area contributed by atoms with E-state index in [1.807, 2.05) is 6.07 Å². The van der Waals surface area contributed by atoms with E-state index in [-0.39, 0.29) is 0 Å². The van der Waals surface area contributed by atoms with Crippen molar-refractivity contribution in [2.24, 2.45) is 0 Å². The molecule has 1 aliphatic carbocycles. The molecule has 1 aliphatic rings. The lowest BCUT2D eigenvalue weighted by molar-refractivity contribution is 0.192. The van der Waals surface area contributed by atoms with Crippen LogP contribution in [-0.4, -0.2) is 5.11 Å². The van der Waals surface area contributed by atoms with Gasteiger partial charge in [0.15, 0.2) is 5.76 Å². The summed E-state index contributed by atoms with van der Waals surface area (Å²) in [5.41, 5.74) is 1.41. The van der Waals surface area contributed by atoms with E-state index < -0.39 is 6.10 Å². The van der Waals surface area contributed by atoms with Gasteiger partial charge in [0.05, 0.1) is 10.7 Å². The highest BCUT2D eigenvalue weighted by molar-refractivity contribution is 9.10. The first-order valence-electron chi connectivity index (χ1n) is 5.78. The molecular formula is C13H13BrO2S. The molecule has 1 unspecified atom stereocenters. The molecule has 0 spiro atoms. The highest BCUT2D eigenvalue weighted by atomic mass is 79.9. The number of hydrogen-bond donors (Lipinski definition) is 1. The van der Waals surface area contributed by atoms with E-state index in [0.717, 1.165) is 22.2 Å². The largest absolute Gasteiger partial charge is 0.465 e. The Morgan fingerprint density at radius 1 is 1.35 bits per heavy atom. The number of rotatable bonds is 2. The topological polar surface area (TPSA) is 33.4 Å². The molecule has 0 amide bonds. The fourth-order valence-corrected chi connectivity index (χ4v) is 3.94. The molecule has 2 heterocycles. The maximum atomic E-state index is 10.3. The lowest BCUT2D eigenvalue weighted by Gasteiger charge is -2.08. The smallest absolute Gasteiger partial charge is 0.151 e. The van der Waals surface area contributed by atoms with Gasteiger partial charge >= 0.3 is 0 Å². The van der Waals surface area contributed by atoms with Gasteiger partial charge in [-0.1, -0.05) is 0 Å². The second-order valence-electron chi connectivity index (χ2n) is 4.34. The van der Waals surface area contributed by atoms with Crippen LogP contribution >= 0.6 is 27.3 Å². The molecule has 4 heteroatoms. The minimum absolute atomic E-state index is 0.601. The van der Waals surface area contributed by atoms with Crippen LogP contribution in [0.2, 0.25) is 0 Å². The Hall–Kier alpha value is -0.580. The minimum atomic E-state index is -0.644. The summed E-state index contributed by atoms with van der Waals surface area (Å²) in [6, 6.07) is 3.95. The molecule has 1 atom stereocenters. The van der Waals surface area contributed by atoms with Gasteiger partial charge in [0, 0.05) is 9.75 Å². The Labute approximate surface area is 112 Å². The van der Waals surface area contributed by atoms with E-state index in [2.05, 4.69) is 22.0 Å². The third-order valence-electron chi connectivity index (χ3n) is 3.18. The highest BCUT2D eigenvalue weighted by Crippen LogP contribution is 2.37. The molecular weight excluding hydrogens is 300 g/mol. The van der Waals surface area contributed by atoms with E-state index in [9.17, 15) is 5.11 Å². The molecule has 17 heavy (non-hydrogen) atoms. The van der Waals surface area contributed by atoms with Crippen LogP contribution in [0.15, 0.2) is 27.3 Å². The molecule has 0 radical (unpaired) electrons. The number of hydrogen-bond acceptors (Lipinski definition) is 3. The summed E-state index contributed by atoms with van der Waals surface area (Å²) in [4.78, 5) is 2.43. The highest BCUT2D eigenvalue weighted by Gasteiger charge is 2.22. The van der Waals surface area contributed by atoms with Crippen molar-refractivity contribution in [3.63, 3.8) is 0 Å². The van der Waals surface area contributed by atoms with Gasteiger partial charge in [0.1, 0.15) is 6.10 Å². The monoisotopic (exact) mass is 312 g/mol. The maximum absolute atomic E-state index is 10.3. The van der Waals surface area contributed by atoms with Crippen molar-refractivity contribution in [1.29, 1.82) is 0 Å². The lowest BCUT2D eigenvalue weighted by atomic mass is 9.99. The van der Waals surface area contributed by atoms with Crippen LogP contribution in [0.3, 0.4) is 0 Å². The third kappa shape index (κ3) is 2.09. The van der Waals surface area contributed by atoms with Crippen LogP contribution in [0.4, 0.5) is 0 Å². The summed E-state index contributed by atoms with van der Waals surface area (Å²) in [6.07, 6.45) is 5.80. The molecule has 90 valence electrons. The van der Waals surface area contributed by atoms with Crippen LogP contribution in [0.25, 0.3) is 0 Å². The SMILES string of the molecule is OC(c1cc2c(s1)CCCC2)c1occc1Br. The molecule has 0 aliphatic heterocycles. The van der Waals surface area contributed by atoms with Gasteiger partial charge < -0.3 is 9.52 Å². The first-order valence-corrected chi connectivity index (χ1v) is 7.39. The van der Waals surface area contributed by atoms with Crippen molar-refractivity contribution in [3.8, 4) is 0 Å². The molecule has 2 aromatic heterocycles. The maximum Gasteiger partial charge on any atom is 0.151 e. The molecule has 2 nitrogen and oxygen atoms in total. The fraction of sp³-hybridized carbons (Fsp3) is 0.385. The fourth-order valence-electron chi connectivity index (χ4n) is 2.28. The van der Waals surface area contributed by atoms with Crippen molar-refractivity contribution in [3.05, 3.63) is 43.9 Å². The minimum Gasteiger partial charge on any atom is -0.465 e. The second kappa shape index (κ2) is 4.59. The van der Waals surface area contributed by atoms with Gasteiger partial charge in [-0.3, -0.25) is 0 Å². The van der Waals surface area contributed by atoms with Gasteiger partial charge in [0.25, 0.3) is 0 Å². The Balaban J connectivity index is 1.94. The predicted molar refractivity (Wildman–Crippen MR) is 71.4 cm³/mol. The normalized spacial score (nSPS) is 16.8. The van der Waals surface area contributed by atoms with E-state index in [4.69, 9.17) is 4.42 Å². The third-order valence-corrected chi connectivity index (χ3v) is 5.12. The van der Waals surface area contributed by atoms with E-state index in [1.54, 1.807) is 17.6 Å². The second-order valence-corrected chi connectivity index (χ2v) is 6.36. The van der Waals surface area contributed by atoms with Gasteiger partial charge in [-0.15, -0.1) is 11.3 Å². The number of aliphatic hydroxyl groups is 1. The van der Waals surface area contributed by atoms with Crippen molar-refractivity contribution in [2.75, 3.05) is 0 Å². The van der Waals surface area contributed by atoms with E-state index in [1.165, 1.54) is 23.3 Å². The zero-order valence-corrected chi connectivity index (χ0v) is 11.7. The van der Waals surface area contributed by atoms with Crippen molar-refractivity contribution < 1.29 is 9.52 Å². The first kappa shape index (κ1) is 11.5. The summed E-state index contributed by atoms with van der Waals surface area (Å²) in [5, 5.41) is 10.3. The average Bonchev–Trinajstić information content (AvgIpc) is 2.93. The van der Waals surface area contributed by atoms with Gasteiger partial charge in [-0.05, 0) is 59.3 Å². The lowest BCUT2D eigenvalue weighted by Crippen LogP contribution is -1.97.